The fourth-order valence-corrected chi connectivity index (χ4v) is 4.14. The molecular formula is C20H16FNO2S. The first kappa shape index (κ1) is 15.8. The summed E-state index contributed by atoms with van der Waals surface area (Å²) in [5.41, 5.74) is 4.12. The van der Waals surface area contributed by atoms with Gasteiger partial charge in [0.15, 0.2) is 0 Å². The number of thiophene rings is 1. The van der Waals surface area contributed by atoms with Crippen molar-refractivity contribution in [1.82, 2.24) is 5.32 Å². The van der Waals surface area contributed by atoms with Gasteiger partial charge in [-0.3, -0.25) is 4.79 Å². The van der Waals surface area contributed by atoms with Gasteiger partial charge in [0.25, 0.3) is 5.91 Å². The SMILES string of the molecule is Cc1cccc2c1-c1sc(C(=O)NCc3ccc(F)cc3)cc1CO2. The fraction of sp³-hybridized carbons (Fsp3) is 0.150. The van der Waals surface area contributed by atoms with Crippen molar-refractivity contribution in [3.05, 3.63) is 75.9 Å². The van der Waals surface area contributed by atoms with Crippen LogP contribution in [0.5, 0.6) is 5.75 Å². The molecule has 3 aromatic rings. The summed E-state index contributed by atoms with van der Waals surface area (Å²) < 4.78 is 18.7. The number of fused-ring (bicyclic) bond motifs is 3. The zero-order valence-corrected chi connectivity index (χ0v) is 14.5. The van der Waals surface area contributed by atoms with Crippen molar-refractivity contribution in [1.29, 1.82) is 0 Å². The van der Waals surface area contributed by atoms with Crippen molar-refractivity contribution in [2.45, 2.75) is 20.1 Å². The molecule has 0 bridgehead atoms. The number of rotatable bonds is 3. The van der Waals surface area contributed by atoms with Crippen LogP contribution >= 0.6 is 11.3 Å². The number of aryl methyl sites for hydroxylation is 1. The minimum absolute atomic E-state index is 0.126. The fourth-order valence-electron chi connectivity index (χ4n) is 2.94. The van der Waals surface area contributed by atoms with Crippen LogP contribution in [0, 0.1) is 12.7 Å². The predicted molar refractivity (Wildman–Crippen MR) is 96.4 cm³/mol. The van der Waals surface area contributed by atoms with E-state index in [2.05, 4.69) is 5.32 Å². The van der Waals surface area contributed by atoms with Gasteiger partial charge in [0.1, 0.15) is 18.2 Å². The zero-order chi connectivity index (χ0) is 17.4. The Morgan fingerprint density at radius 2 is 2.04 bits per heavy atom. The molecule has 126 valence electrons. The van der Waals surface area contributed by atoms with E-state index in [-0.39, 0.29) is 11.7 Å². The summed E-state index contributed by atoms with van der Waals surface area (Å²) >= 11 is 1.49. The summed E-state index contributed by atoms with van der Waals surface area (Å²) in [5.74, 6) is 0.460. The van der Waals surface area contributed by atoms with Crippen molar-refractivity contribution in [2.24, 2.45) is 0 Å². The topological polar surface area (TPSA) is 38.3 Å². The highest BCUT2D eigenvalue weighted by atomic mass is 32.1. The average molecular weight is 353 g/mol. The minimum Gasteiger partial charge on any atom is -0.488 e. The molecule has 0 saturated heterocycles. The normalized spacial score (nSPS) is 12.1. The quantitative estimate of drug-likeness (QED) is 0.742. The molecule has 0 fully saturated rings. The summed E-state index contributed by atoms with van der Waals surface area (Å²) in [4.78, 5) is 14.2. The van der Waals surface area contributed by atoms with E-state index in [0.717, 1.165) is 32.9 Å². The summed E-state index contributed by atoms with van der Waals surface area (Å²) in [7, 11) is 0. The van der Waals surface area contributed by atoms with Crippen molar-refractivity contribution in [3.63, 3.8) is 0 Å². The maximum atomic E-state index is 12.9. The second-order valence-corrected chi connectivity index (χ2v) is 7.06. The average Bonchev–Trinajstić information content (AvgIpc) is 3.05. The lowest BCUT2D eigenvalue weighted by atomic mass is 10.0. The van der Waals surface area contributed by atoms with Crippen LogP contribution in [0.1, 0.15) is 26.4 Å². The molecule has 1 N–H and O–H groups in total. The van der Waals surface area contributed by atoms with Crippen LogP contribution in [0.25, 0.3) is 10.4 Å². The standard InChI is InChI=1S/C20H16FNO2S/c1-12-3-2-4-16-18(12)19-14(11-24-16)9-17(25-19)20(23)22-10-13-5-7-15(21)8-6-13/h2-9H,10-11H2,1H3,(H,22,23). The number of ether oxygens (including phenoxy) is 1. The second-order valence-electron chi connectivity index (χ2n) is 6.01. The molecule has 2 aromatic carbocycles. The van der Waals surface area contributed by atoms with Crippen LogP contribution in [0.4, 0.5) is 4.39 Å². The number of hydrogen-bond acceptors (Lipinski definition) is 3. The van der Waals surface area contributed by atoms with Crippen LogP contribution in [-0.4, -0.2) is 5.91 Å². The van der Waals surface area contributed by atoms with Gasteiger partial charge in [0.05, 0.1) is 4.88 Å². The Kier molecular flexibility index (Phi) is 4.01. The number of benzene rings is 2. The van der Waals surface area contributed by atoms with E-state index in [0.29, 0.717) is 18.0 Å². The number of hydrogen-bond donors (Lipinski definition) is 1. The van der Waals surface area contributed by atoms with Crippen molar-refractivity contribution < 1.29 is 13.9 Å². The van der Waals surface area contributed by atoms with Gasteiger partial charge < -0.3 is 10.1 Å². The molecule has 5 heteroatoms. The first-order chi connectivity index (χ1) is 12.1. The Hall–Kier alpha value is -2.66. The Morgan fingerprint density at radius 3 is 2.84 bits per heavy atom. The largest absolute Gasteiger partial charge is 0.488 e. The van der Waals surface area contributed by atoms with E-state index in [1.54, 1.807) is 12.1 Å². The number of carbonyl (C=O) groups is 1. The molecule has 1 amide bonds. The molecule has 0 saturated carbocycles. The van der Waals surface area contributed by atoms with Crippen LogP contribution in [0.2, 0.25) is 0 Å². The smallest absolute Gasteiger partial charge is 0.261 e. The maximum absolute atomic E-state index is 12.9. The minimum atomic E-state index is -0.282. The van der Waals surface area contributed by atoms with E-state index in [1.165, 1.54) is 23.5 Å². The number of halogens is 1. The van der Waals surface area contributed by atoms with Crippen LogP contribution in [0.15, 0.2) is 48.5 Å². The van der Waals surface area contributed by atoms with Crippen LogP contribution < -0.4 is 10.1 Å². The maximum Gasteiger partial charge on any atom is 0.261 e. The molecule has 4 rings (SSSR count). The van der Waals surface area contributed by atoms with E-state index in [4.69, 9.17) is 4.74 Å². The Morgan fingerprint density at radius 1 is 1.24 bits per heavy atom. The third-order valence-electron chi connectivity index (χ3n) is 4.24. The number of nitrogens with one attached hydrogen (secondary N) is 1. The third-order valence-corrected chi connectivity index (χ3v) is 5.44. The zero-order valence-electron chi connectivity index (χ0n) is 13.6. The first-order valence-electron chi connectivity index (χ1n) is 8.00. The lowest BCUT2D eigenvalue weighted by molar-refractivity contribution is 0.0955. The lowest BCUT2D eigenvalue weighted by Gasteiger charge is -2.19. The Balaban J connectivity index is 1.56. The summed E-state index contributed by atoms with van der Waals surface area (Å²) in [6, 6.07) is 14.0. The third kappa shape index (κ3) is 3.03. The van der Waals surface area contributed by atoms with E-state index >= 15 is 0 Å². The van der Waals surface area contributed by atoms with Gasteiger partial charge in [-0.25, -0.2) is 4.39 Å². The second kappa shape index (κ2) is 6.33. The Bertz CT molecular complexity index is 947. The van der Waals surface area contributed by atoms with Crippen molar-refractivity contribution in [2.75, 3.05) is 0 Å². The molecule has 1 aliphatic heterocycles. The van der Waals surface area contributed by atoms with Crippen LogP contribution in [0.3, 0.4) is 0 Å². The molecule has 3 nitrogen and oxygen atoms in total. The summed E-state index contributed by atoms with van der Waals surface area (Å²) in [6.45, 7) is 2.90. The van der Waals surface area contributed by atoms with Gasteiger partial charge in [-0.05, 0) is 42.3 Å². The highest BCUT2D eigenvalue weighted by molar-refractivity contribution is 7.17. The molecule has 0 atom stereocenters. The van der Waals surface area contributed by atoms with E-state index in [1.807, 2.05) is 31.2 Å². The Labute approximate surface area is 149 Å². The first-order valence-corrected chi connectivity index (χ1v) is 8.81. The molecule has 0 unspecified atom stereocenters. The van der Waals surface area contributed by atoms with Gasteiger partial charge in [-0.1, -0.05) is 24.3 Å². The van der Waals surface area contributed by atoms with Crippen molar-refractivity contribution in [3.8, 4) is 16.2 Å². The van der Waals surface area contributed by atoms with Crippen molar-refractivity contribution >= 4 is 17.2 Å². The molecule has 0 spiro atoms. The number of amides is 1. The van der Waals surface area contributed by atoms with E-state index < -0.39 is 0 Å². The molecule has 1 aromatic heterocycles. The van der Waals surface area contributed by atoms with Gasteiger partial charge >= 0.3 is 0 Å². The number of carbonyl (C=O) groups excluding carboxylic acids is 1. The molecule has 0 aliphatic carbocycles. The van der Waals surface area contributed by atoms with Crippen LogP contribution in [-0.2, 0) is 13.2 Å². The van der Waals surface area contributed by atoms with Gasteiger partial charge in [-0.15, -0.1) is 11.3 Å². The monoisotopic (exact) mass is 353 g/mol. The van der Waals surface area contributed by atoms with E-state index in [9.17, 15) is 9.18 Å². The molecule has 2 heterocycles. The predicted octanol–water partition coefficient (Wildman–Crippen LogP) is 4.69. The summed E-state index contributed by atoms with van der Waals surface area (Å²) in [6.07, 6.45) is 0. The summed E-state index contributed by atoms with van der Waals surface area (Å²) in [5, 5.41) is 2.89. The lowest BCUT2D eigenvalue weighted by Crippen LogP contribution is -2.21. The van der Waals surface area contributed by atoms with Gasteiger partial charge in [0.2, 0.25) is 0 Å². The molecule has 0 radical (unpaired) electrons. The highest BCUT2D eigenvalue weighted by Crippen LogP contribution is 2.44. The molecule has 25 heavy (non-hydrogen) atoms. The van der Waals surface area contributed by atoms with Gasteiger partial charge in [0, 0.05) is 22.5 Å². The highest BCUT2D eigenvalue weighted by Gasteiger charge is 2.23. The molecule has 1 aliphatic rings. The molecular weight excluding hydrogens is 337 g/mol. The van der Waals surface area contributed by atoms with Gasteiger partial charge in [-0.2, -0.15) is 0 Å².